The minimum Gasteiger partial charge on any atom is -0.480 e. The minimum atomic E-state index is -1.16. The van der Waals surface area contributed by atoms with Gasteiger partial charge in [0, 0.05) is 13.1 Å². The largest absolute Gasteiger partial charge is 0.480 e. The number of aromatic nitrogens is 3. The number of aryl methyl sites for hydroxylation is 1. The lowest BCUT2D eigenvalue weighted by Crippen LogP contribution is -2.61. The van der Waals surface area contributed by atoms with Crippen LogP contribution in [0, 0.1) is 0 Å². The van der Waals surface area contributed by atoms with Crippen molar-refractivity contribution in [2.75, 3.05) is 13.1 Å². The molecule has 1 aromatic rings. The number of amides is 3. The fourth-order valence-corrected chi connectivity index (χ4v) is 2.01. The van der Waals surface area contributed by atoms with Crippen LogP contribution in [0.2, 0.25) is 0 Å². The van der Waals surface area contributed by atoms with Gasteiger partial charge in [-0.1, -0.05) is 0 Å². The Hall–Kier alpha value is -2.65. The van der Waals surface area contributed by atoms with Crippen LogP contribution in [0.15, 0.2) is 6.33 Å². The van der Waals surface area contributed by atoms with Gasteiger partial charge in [0.1, 0.15) is 18.9 Å². The van der Waals surface area contributed by atoms with E-state index < -0.39 is 18.0 Å². The van der Waals surface area contributed by atoms with Crippen molar-refractivity contribution in [3.05, 3.63) is 12.2 Å². The van der Waals surface area contributed by atoms with E-state index in [0.717, 1.165) is 4.90 Å². The molecular formula is C11H16N6O4. The number of aliphatic carboxylic acids is 1. The molecule has 114 valence electrons. The van der Waals surface area contributed by atoms with Crippen molar-refractivity contribution in [2.45, 2.75) is 26.1 Å². The van der Waals surface area contributed by atoms with E-state index in [4.69, 9.17) is 5.11 Å². The van der Waals surface area contributed by atoms with Crippen LogP contribution in [0.4, 0.5) is 4.79 Å². The Labute approximate surface area is 120 Å². The van der Waals surface area contributed by atoms with Crippen molar-refractivity contribution in [3.8, 4) is 0 Å². The second-order valence-corrected chi connectivity index (χ2v) is 4.48. The molecule has 0 radical (unpaired) electrons. The summed E-state index contributed by atoms with van der Waals surface area (Å²) < 4.78 is 1.75. The molecule has 1 aliphatic heterocycles. The third kappa shape index (κ3) is 3.27. The first-order chi connectivity index (χ1) is 10.0. The van der Waals surface area contributed by atoms with Gasteiger partial charge in [-0.2, -0.15) is 0 Å². The van der Waals surface area contributed by atoms with Gasteiger partial charge >= 0.3 is 12.0 Å². The van der Waals surface area contributed by atoms with Crippen LogP contribution in [0.25, 0.3) is 0 Å². The highest BCUT2D eigenvalue weighted by molar-refractivity contribution is 5.90. The molecule has 1 aromatic heterocycles. The smallest absolute Gasteiger partial charge is 0.328 e. The van der Waals surface area contributed by atoms with Crippen LogP contribution >= 0.6 is 0 Å². The molecule has 21 heavy (non-hydrogen) atoms. The third-order valence-electron chi connectivity index (χ3n) is 3.16. The fourth-order valence-electron chi connectivity index (χ4n) is 2.01. The van der Waals surface area contributed by atoms with Crippen LogP contribution in [0.3, 0.4) is 0 Å². The molecule has 10 heteroatoms. The summed E-state index contributed by atoms with van der Waals surface area (Å²) in [6, 6.07) is -1.70. The standard InChI is InChI=1S/C11H16N6O4/c1-2-16-6-14-15-8(16)4-13-11(21)17-5-9(18)12-3-7(17)10(19)20/h6-7H,2-5H2,1H3,(H,12,18)(H,13,21)(H,19,20). The van der Waals surface area contributed by atoms with E-state index in [2.05, 4.69) is 20.8 Å². The topological polar surface area (TPSA) is 129 Å². The lowest BCUT2D eigenvalue weighted by Gasteiger charge is -2.32. The summed E-state index contributed by atoms with van der Waals surface area (Å²) in [5.74, 6) is -1.000. The summed E-state index contributed by atoms with van der Waals surface area (Å²) in [5.41, 5.74) is 0. The summed E-state index contributed by atoms with van der Waals surface area (Å²) in [6.07, 6.45) is 1.54. The lowest BCUT2D eigenvalue weighted by molar-refractivity contribution is -0.144. The molecule has 10 nitrogen and oxygen atoms in total. The molecule has 1 atom stereocenters. The molecule has 1 saturated heterocycles. The van der Waals surface area contributed by atoms with Crippen molar-refractivity contribution in [1.82, 2.24) is 30.3 Å². The number of rotatable bonds is 4. The summed E-state index contributed by atoms with van der Waals surface area (Å²) in [5, 5.41) is 21.6. The number of carbonyl (C=O) groups excluding carboxylic acids is 2. The van der Waals surface area contributed by atoms with Crippen LogP contribution in [-0.4, -0.2) is 61.8 Å². The number of carbonyl (C=O) groups is 3. The highest BCUT2D eigenvalue weighted by Gasteiger charge is 2.35. The summed E-state index contributed by atoms with van der Waals surface area (Å²) in [7, 11) is 0. The number of carboxylic acids is 1. The monoisotopic (exact) mass is 296 g/mol. The van der Waals surface area contributed by atoms with E-state index in [1.54, 1.807) is 4.57 Å². The van der Waals surface area contributed by atoms with Crippen LogP contribution in [0.5, 0.6) is 0 Å². The fraction of sp³-hybridized carbons (Fsp3) is 0.545. The number of nitrogens with zero attached hydrogens (tertiary/aromatic N) is 4. The molecule has 0 aromatic carbocycles. The Bertz CT molecular complexity index is 557. The first-order valence-electron chi connectivity index (χ1n) is 6.43. The second kappa shape index (κ2) is 6.20. The molecule has 0 spiro atoms. The molecule has 3 N–H and O–H groups in total. The first-order valence-corrected chi connectivity index (χ1v) is 6.43. The van der Waals surface area contributed by atoms with E-state index in [1.165, 1.54) is 6.33 Å². The molecule has 3 amide bonds. The Morgan fingerprint density at radius 1 is 1.57 bits per heavy atom. The molecule has 0 saturated carbocycles. The molecule has 0 aliphatic carbocycles. The van der Waals surface area contributed by atoms with Gasteiger partial charge in [0.15, 0.2) is 5.82 Å². The van der Waals surface area contributed by atoms with Crippen LogP contribution in [0.1, 0.15) is 12.7 Å². The lowest BCUT2D eigenvalue weighted by atomic mass is 10.2. The number of nitrogens with one attached hydrogen (secondary N) is 2. The zero-order chi connectivity index (χ0) is 15.4. The molecular weight excluding hydrogens is 280 g/mol. The van der Waals surface area contributed by atoms with Crippen molar-refractivity contribution in [3.63, 3.8) is 0 Å². The van der Waals surface area contributed by atoms with E-state index in [1.807, 2.05) is 6.92 Å². The van der Waals surface area contributed by atoms with Crippen molar-refractivity contribution in [1.29, 1.82) is 0 Å². The van der Waals surface area contributed by atoms with Gasteiger partial charge in [-0.05, 0) is 6.92 Å². The van der Waals surface area contributed by atoms with Crippen molar-refractivity contribution >= 4 is 17.9 Å². The van der Waals surface area contributed by atoms with Gasteiger partial charge < -0.3 is 20.3 Å². The molecule has 2 heterocycles. The minimum absolute atomic E-state index is 0.104. The highest BCUT2D eigenvalue weighted by Crippen LogP contribution is 2.05. The quantitative estimate of drug-likeness (QED) is 0.613. The highest BCUT2D eigenvalue weighted by atomic mass is 16.4. The predicted molar refractivity (Wildman–Crippen MR) is 69.1 cm³/mol. The second-order valence-electron chi connectivity index (χ2n) is 4.48. The molecule has 1 fully saturated rings. The number of carboxylic acid groups (broad SMARTS) is 1. The molecule has 1 unspecified atom stereocenters. The zero-order valence-corrected chi connectivity index (χ0v) is 11.4. The van der Waals surface area contributed by atoms with Gasteiger partial charge in [0.2, 0.25) is 5.91 Å². The zero-order valence-electron chi connectivity index (χ0n) is 11.4. The van der Waals surface area contributed by atoms with E-state index >= 15 is 0 Å². The van der Waals surface area contributed by atoms with E-state index in [0.29, 0.717) is 12.4 Å². The summed E-state index contributed by atoms with van der Waals surface area (Å²) in [4.78, 5) is 35.5. The number of piperazine rings is 1. The molecule has 2 rings (SSSR count). The number of urea groups is 1. The maximum absolute atomic E-state index is 12.1. The normalized spacial score (nSPS) is 18.2. The summed E-state index contributed by atoms with van der Waals surface area (Å²) in [6.45, 7) is 2.28. The Morgan fingerprint density at radius 3 is 3.00 bits per heavy atom. The molecule has 1 aliphatic rings. The number of hydrogen-bond donors (Lipinski definition) is 3. The maximum atomic E-state index is 12.1. The first kappa shape index (κ1) is 14.8. The maximum Gasteiger partial charge on any atom is 0.328 e. The Kier molecular flexibility index (Phi) is 4.36. The average molecular weight is 296 g/mol. The Morgan fingerprint density at radius 2 is 2.33 bits per heavy atom. The third-order valence-corrected chi connectivity index (χ3v) is 3.16. The van der Waals surface area contributed by atoms with E-state index in [9.17, 15) is 14.4 Å². The van der Waals surface area contributed by atoms with Gasteiger partial charge in [0.25, 0.3) is 0 Å². The van der Waals surface area contributed by atoms with Crippen LogP contribution in [-0.2, 0) is 22.7 Å². The SMILES string of the molecule is CCn1cnnc1CNC(=O)N1CC(=O)NCC1C(=O)O. The molecule has 0 bridgehead atoms. The van der Waals surface area contributed by atoms with Gasteiger partial charge in [0.05, 0.1) is 6.54 Å². The predicted octanol–water partition coefficient (Wildman–Crippen LogP) is -1.61. The van der Waals surface area contributed by atoms with Gasteiger partial charge in [-0.25, -0.2) is 9.59 Å². The van der Waals surface area contributed by atoms with Crippen LogP contribution < -0.4 is 10.6 Å². The van der Waals surface area contributed by atoms with Gasteiger partial charge in [-0.15, -0.1) is 10.2 Å². The van der Waals surface area contributed by atoms with Crippen molar-refractivity contribution in [2.24, 2.45) is 0 Å². The number of hydrogen-bond acceptors (Lipinski definition) is 5. The van der Waals surface area contributed by atoms with Crippen molar-refractivity contribution < 1.29 is 19.5 Å². The van der Waals surface area contributed by atoms with E-state index in [-0.39, 0.29) is 25.5 Å². The Balaban J connectivity index is 2.00. The summed E-state index contributed by atoms with van der Waals surface area (Å²) >= 11 is 0. The average Bonchev–Trinajstić information content (AvgIpc) is 2.91. The van der Waals surface area contributed by atoms with Gasteiger partial charge in [-0.3, -0.25) is 9.69 Å².